The van der Waals surface area contributed by atoms with Gasteiger partial charge >= 0.3 is 6.01 Å². The summed E-state index contributed by atoms with van der Waals surface area (Å²) in [4.78, 5) is 4.50. The molecule has 0 aliphatic rings. The van der Waals surface area contributed by atoms with Crippen molar-refractivity contribution in [2.45, 2.75) is 60.0 Å². The number of hydrogen-bond acceptors (Lipinski definition) is 4. The van der Waals surface area contributed by atoms with Gasteiger partial charge in [-0.1, -0.05) is 6.92 Å². The van der Waals surface area contributed by atoms with Gasteiger partial charge in [0.05, 0.1) is 11.4 Å². The summed E-state index contributed by atoms with van der Waals surface area (Å²) < 4.78 is 7.35. The largest absolute Gasteiger partial charge is 0.430 e. The molecule has 0 unspecified atom stereocenters. The van der Waals surface area contributed by atoms with E-state index >= 15 is 0 Å². The van der Waals surface area contributed by atoms with Crippen LogP contribution in [0.15, 0.2) is 10.7 Å². The average Bonchev–Trinajstić information content (AvgIpc) is 2.91. The lowest BCUT2D eigenvalue weighted by atomic mass is 10.1. The molecule has 2 rings (SSSR count). The summed E-state index contributed by atoms with van der Waals surface area (Å²) >= 11 is 0. The summed E-state index contributed by atoms with van der Waals surface area (Å²) in [5.74, 6) is 0. The molecule has 20 heavy (non-hydrogen) atoms. The summed E-state index contributed by atoms with van der Waals surface area (Å²) in [5.41, 5.74) is 4.35. The molecule has 0 aliphatic carbocycles. The van der Waals surface area contributed by atoms with Crippen LogP contribution in [-0.4, -0.2) is 20.3 Å². The molecule has 5 heteroatoms. The van der Waals surface area contributed by atoms with E-state index in [1.807, 2.05) is 6.92 Å². The maximum absolute atomic E-state index is 5.56. The fourth-order valence-corrected chi connectivity index (χ4v) is 2.20. The average molecular weight is 276 g/mol. The molecule has 0 spiro atoms. The van der Waals surface area contributed by atoms with Crippen molar-refractivity contribution in [1.29, 1.82) is 0 Å². The maximum Gasteiger partial charge on any atom is 0.323 e. The first kappa shape index (κ1) is 14.8. The van der Waals surface area contributed by atoms with Gasteiger partial charge in [0.2, 0.25) is 0 Å². The first-order valence-electron chi connectivity index (χ1n) is 7.06. The molecular formula is C15H24N4O. The minimum Gasteiger partial charge on any atom is -0.430 e. The fourth-order valence-electron chi connectivity index (χ4n) is 2.20. The monoisotopic (exact) mass is 276 g/mol. The fraction of sp³-hybridized carbons (Fsp3) is 0.600. The third-order valence-corrected chi connectivity index (χ3v) is 3.32. The van der Waals surface area contributed by atoms with Gasteiger partial charge in [-0.3, -0.25) is 0 Å². The van der Waals surface area contributed by atoms with E-state index in [2.05, 4.69) is 50.0 Å². The number of oxazole rings is 1. The smallest absolute Gasteiger partial charge is 0.323 e. The van der Waals surface area contributed by atoms with Gasteiger partial charge in [-0.25, -0.2) is 0 Å². The van der Waals surface area contributed by atoms with Gasteiger partial charge in [-0.15, -0.1) is 0 Å². The predicted octanol–water partition coefficient (Wildman–Crippen LogP) is 2.93. The Kier molecular flexibility index (Phi) is 3.99. The Labute approximate surface area is 120 Å². The van der Waals surface area contributed by atoms with E-state index < -0.39 is 0 Å². The minimum absolute atomic E-state index is 0.0622. The van der Waals surface area contributed by atoms with Crippen molar-refractivity contribution in [3.8, 4) is 6.01 Å². The molecule has 0 amide bonds. The summed E-state index contributed by atoms with van der Waals surface area (Å²) in [6.45, 7) is 13.3. The van der Waals surface area contributed by atoms with Crippen molar-refractivity contribution in [1.82, 2.24) is 20.1 Å². The van der Waals surface area contributed by atoms with Gasteiger partial charge in [-0.05, 0) is 46.6 Å². The molecule has 0 aliphatic heterocycles. The standard InChI is InChI=1S/C15H24N4O/c1-7-13-10(2)18-19(11(13)3)14-17-12(9-20-14)8-16-15(4,5)6/h9,16H,7-8H2,1-6H3. The first-order valence-corrected chi connectivity index (χ1v) is 7.06. The molecule has 0 aromatic carbocycles. The van der Waals surface area contributed by atoms with Crippen molar-refractivity contribution in [2.75, 3.05) is 0 Å². The van der Waals surface area contributed by atoms with Crippen LogP contribution < -0.4 is 5.32 Å². The normalized spacial score (nSPS) is 12.1. The molecule has 0 bridgehead atoms. The zero-order valence-corrected chi connectivity index (χ0v) is 13.2. The molecular weight excluding hydrogens is 252 g/mol. The van der Waals surface area contributed by atoms with E-state index in [0.717, 1.165) is 23.5 Å². The molecule has 2 aromatic heterocycles. The Bertz CT molecular complexity index is 590. The Balaban J connectivity index is 2.21. The lowest BCUT2D eigenvalue weighted by Gasteiger charge is -2.19. The van der Waals surface area contributed by atoms with Crippen LogP contribution in [0, 0.1) is 13.8 Å². The van der Waals surface area contributed by atoms with Gasteiger partial charge in [0.25, 0.3) is 0 Å². The quantitative estimate of drug-likeness (QED) is 0.933. The van der Waals surface area contributed by atoms with Gasteiger partial charge in [0, 0.05) is 17.8 Å². The second kappa shape index (κ2) is 5.40. The Hall–Kier alpha value is -1.62. The van der Waals surface area contributed by atoms with Gasteiger partial charge in [0.1, 0.15) is 6.26 Å². The SMILES string of the molecule is CCc1c(C)nn(-c2nc(CNC(C)(C)C)co2)c1C. The van der Waals surface area contributed by atoms with Crippen LogP contribution in [0.2, 0.25) is 0 Å². The number of aryl methyl sites for hydroxylation is 1. The van der Waals surface area contributed by atoms with Crippen molar-refractivity contribution >= 4 is 0 Å². The van der Waals surface area contributed by atoms with Gasteiger partial charge in [-0.2, -0.15) is 14.8 Å². The van der Waals surface area contributed by atoms with Crippen molar-refractivity contribution in [3.63, 3.8) is 0 Å². The number of nitrogens with zero attached hydrogens (tertiary/aromatic N) is 3. The lowest BCUT2D eigenvalue weighted by molar-refractivity contribution is 0.420. The predicted molar refractivity (Wildman–Crippen MR) is 79.1 cm³/mol. The Morgan fingerprint density at radius 2 is 2.00 bits per heavy atom. The number of rotatable bonds is 4. The van der Waals surface area contributed by atoms with Crippen molar-refractivity contribution < 1.29 is 4.42 Å². The second-order valence-corrected chi connectivity index (χ2v) is 6.14. The molecule has 0 fully saturated rings. The van der Waals surface area contributed by atoms with Gasteiger partial charge < -0.3 is 9.73 Å². The minimum atomic E-state index is 0.0622. The molecule has 5 nitrogen and oxygen atoms in total. The van der Waals surface area contributed by atoms with E-state index in [1.165, 1.54) is 5.56 Å². The molecule has 2 aromatic rings. The second-order valence-electron chi connectivity index (χ2n) is 6.14. The van der Waals surface area contributed by atoms with Crippen LogP contribution >= 0.6 is 0 Å². The summed E-state index contributed by atoms with van der Waals surface area (Å²) in [6, 6.07) is 0.538. The van der Waals surface area contributed by atoms with Crippen LogP contribution in [-0.2, 0) is 13.0 Å². The highest BCUT2D eigenvalue weighted by Crippen LogP contribution is 2.18. The molecule has 1 N–H and O–H groups in total. The summed E-state index contributed by atoms with van der Waals surface area (Å²) in [7, 11) is 0. The van der Waals surface area contributed by atoms with E-state index in [0.29, 0.717) is 12.6 Å². The molecule has 2 heterocycles. The highest BCUT2D eigenvalue weighted by atomic mass is 16.4. The van der Waals surface area contributed by atoms with E-state index in [9.17, 15) is 0 Å². The highest BCUT2D eigenvalue weighted by Gasteiger charge is 2.16. The molecule has 0 saturated heterocycles. The van der Waals surface area contributed by atoms with E-state index in [1.54, 1.807) is 10.9 Å². The maximum atomic E-state index is 5.56. The van der Waals surface area contributed by atoms with Crippen LogP contribution in [0.1, 0.15) is 50.3 Å². The number of hydrogen-bond donors (Lipinski definition) is 1. The van der Waals surface area contributed by atoms with Crippen LogP contribution in [0.25, 0.3) is 6.01 Å². The molecule has 0 saturated carbocycles. The zero-order valence-electron chi connectivity index (χ0n) is 13.2. The summed E-state index contributed by atoms with van der Waals surface area (Å²) in [5, 5.41) is 7.91. The third kappa shape index (κ3) is 3.10. The topological polar surface area (TPSA) is 55.9 Å². The number of nitrogens with one attached hydrogen (secondary N) is 1. The van der Waals surface area contributed by atoms with Crippen LogP contribution in [0.3, 0.4) is 0 Å². The molecule has 0 radical (unpaired) electrons. The Morgan fingerprint density at radius 1 is 1.30 bits per heavy atom. The van der Waals surface area contributed by atoms with Crippen LogP contribution in [0.5, 0.6) is 0 Å². The third-order valence-electron chi connectivity index (χ3n) is 3.32. The van der Waals surface area contributed by atoms with E-state index in [-0.39, 0.29) is 5.54 Å². The van der Waals surface area contributed by atoms with Crippen LogP contribution in [0.4, 0.5) is 0 Å². The number of aromatic nitrogens is 3. The highest BCUT2D eigenvalue weighted by molar-refractivity contribution is 5.28. The summed E-state index contributed by atoms with van der Waals surface area (Å²) in [6.07, 6.45) is 2.66. The van der Waals surface area contributed by atoms with E-state index in [4.69, 9.17) is 4.42 Å². The molecule has 0 atom stereocenters. The first-order chi connectivity index (χ1) is 9.31. The van der Waals surface area contributed by atoms with Crippen molar-refractivity contribution in [3.05, 3.63) is 28.9 Å². The molecule has 110 valence electrons. The van der Waals surface area contributed by atoms with Gasteiger partial charge in [0.15, 0.2) is 0 Å². The van der Waals surface area contributed by atoms with Crippen molar-refractivity contribution in [2.24, 2.45) is 0 Å². The Morgan fingerprint density at radius 3 is 2.55 bits per heavy atom. The zero-order chi connectivity index (χ0) is 14.9. The lowest BCUT2D eigenvalue weighted by Crippen LogP contribution is -2.35.